The second kappa shape index (κ2) is 7.11. The molecule has 2 aliphatic heterocycles. The van der Waals surface area contributed by atoms with Crippen molar-refractivity contribution < 1.29 is 22.7 Å². The van der Waals surface area contributed by atoms with Crippen molar-refractivity contribution >= 4 is 15.9 Å². The zero-order valence-corrected chi connectivity index (χ0v) is 15.3. The van der Waals surface area contributed by atoms with Crippen molar-refractivity contribution in [3.63, 3.8) is 0 Å². The molecule has 2 amide bonds. The lowest BCUT2D eigenvalue weighted by Crippen LogP contribution is -2.52. The van der Waals surface area contributed by atoms with E-state index in [0.717, 1.165) is 11.3 Å². The molecule has 1 unspecified atom stereocenters. The molecule has 1 aromatic rings. The first-order chi connectivity index (χ1) is 11.9. The van der Waals surface area contributed by atoms with E-state index < -0.39 is 9.84 Å². The predicted molar refractivity (Wildman–Crippen MR) is 94.0 cm³/mol. The molecule has 25 heavy (non-hydrogen) atoms. The van der Waals surface area contributed by atoms with Gasteiger partial charge in [-0.15, -0.1) is 0 Å². The van der Waals surface area contributed by atoms with E-state index in [2.05, 4.69) is 5.32 Å². The fourth-order valence-corrected chi connectivity index (χ4v) is 4.82. The van der Waals surface area contributed by atoms with Gasteiger partial charge < -0.3 is 19.7 Å². The van der Waals surface area contributed by atoms with E-state index in [1.54, 1.807) is 19.1 Å². The summed E-state index contributed by atoms with van der Waals surface area (Å²) in [5.74, 6) is 1.73. The molecule has 0 aromatic heterocycles. The smallest absolute Gasteiger partial charge is 0.317 e. The van der Waals surface area contributed by atoms with Crippen LogP contribution >= 0.6 is 0 Å². The first-order valence-electron chi connectivity index (χ1n) is 8.42. The number of hydrogen-bond donors (Lipinski definition) is 1. The zero-order valence-electron chi connectivity index (χ0n) is 14.5. The summed E-state index contributed by atoms with van der Waals surface area (Å²) >= 11 is 0. The Labute approximate surface area is 148 Å². The molecular weight excluding hydrogens is 344 g/mol. The van der Waals surface area contributed by atoms with Gasteiger partial charge >= 0.3 is 6.03 Å². The SMILES string of the molecule is COc1cccc2c1OCC(NC(=O)N(C)C1CCS(=O)(=O)CC1)C2. The lowest BCUT2D eigenvalue weighted by molar-refractivity contribution is 0.170. The summed E-state index contributed by atoms with van der Waals surface area (Å²) in [5, 5.41) is 2.99. The van der Waals surface area contributed by atoms with Gasteiger partial charge in [-0.1, -0.05) is 12.1 Å². The molecule has 138 valence electrons. The van der Waals surface area contributed by atoms with Gasteiger partial charge in [0.05, 0.1) is 24.7 Å². The lowest BCUT2D eigenvalue weighted by atomic mass is 10.0. The molecule has 8 heteroatoms. The van der Waals surface area contributed by atoms with Crippen LogP contribution in [0.15, 0.2) is 18.2 Å². The summed E-state index contributed by atoms with van der Waals surface area (Å²) in [6.07, 6.45) is 1.66. The van der Waals surface area contributed by atoms with Gasteiger partial charge in [0.25, 0.3) is 0 Å². The Kier molecular flexibility index (Phi) is 5.08. The third-order valence-corrected chi connectivity index (χ3v) is 6.61. The molecule has 7 nitrogen and oxygen atoms in total. The zero-order chi connectivity index (χ0) is 18.0. The third-order valence-electron chi connectivity index (χ3n) is 4.90. The Balaban J connectivity index is 1.58. The molecule has 0 saturated carbocycles. The topological polar surface area (TPSA) is 84.9 Å². The number of sulfone groups is 1. The highest BCUT2D eigenvalue weighted by Crippen LogP contribution is 2.34. The Bertz CT molecular complexity index is 735. The second-order valence-corrected chi connectivity index (χ2v) is 8.91. The molecule has 1 N–H and O–H groups in total. The number of ether oxygens (including phenoxy) is 2. The van der Waals surface area contributed by atoms with E-state index in [1.165, 1.54) is 0 Å². The summed E-state index contributed by atoms with van der Waals surface area (Å²) in [6, 6.07) is 5.36. The molecule has 2 heterocycles. The van der Waals surface area contributed by atoms with Crippen molar-refractivity contribution in [3.05, 3.63) is 23.8 Å². The number of fused-ring (bicyclic) bond motifs is 1. The number of hydrogen-bond acceptors (Lipinski definition) is 5. The number of benzene rings is 1. The van der Waals surface area contributed by atoms with Crippen LogP contribution < -0.4 is 14.8 Å². The number of nitrogens with zero attached hydrogens (tertiary/aromatic N) is 1. The molecule has 1 atom stereocenters. The number of carbonyl (C=O) groups is 1. The van der Waals surface area contributed by atoms with Gasteiger partial charge in [-0.25, -0.2) is 13.2 Å². The van der Waals surface area contributed by atoms with E-state index >= 15 is 0 Å². The second-order valence-electron chi connectivity index (χ2n) is 6.60. The monoisotopic (exact) mass is 368 g/mol. The van der Waals surface area contributed by atoms with Crippen molar-refractivity contribution in [2.45, 2.75) is 31.3 Å². The van der Waals surface area contributed by atoms with Crippen molar-refractivity contribution in [1.82, 2.24) is 10.2 Å². The number of nitrogens with one attached hydrogen (secondary N) is 1. The van der Waals surface area contributed by atoms with Gasteiger partial charge in [0.2, 0.25) is 0 Å². The molecule has 0 spiro atoms. The Morgan fingerprint density at radius 2 is 2.04 bits per heavy atom. The minimum atomic E-state index is -2.93. The number of carbonyl (C=O) groups excluding carboxylic acids is 1. The maximum absolute atomic E-state index is 12.5. The van der Waals surface area contributed by atoms with Crippen molar-refractivity contribution in [2.75, 3.05) is 32.3 Å². The molecular formula is C17H24N2O5S. The van der Waals surface area contributed by atoms with Gasteiger partial charge in [-0.05, 0) is 25.3 Å². The largest absolute Gasteiger partial charge is 0.493 e. The Hall–Kier alpha value is -1.96. The number of methoxy groups -OCH3 is 1. The Morgan fingerprint density at radius 3 is 2.72 bits per heavy atom. The number of rotatable bonds is 3. The maximum atomic E-state index is 12.5. The standard InChI is InChI=1S/C17H24N2O5S/c1-19(14-6-8-25(21,22)9-7-14)17(20)18-13-10-12-4-3-5-15(23-2)16(12)24-11-13/h3-5,13-14H,6-11H2,1-2H3,(H,18,20). The maximum Gasteiger partial charge on any atom is 0.317 e. The van der Waals surface area contributed by atoms with Gasteiger partial charge in [-0.2, -0.15) is 0 Å². The van der Waals surface area contributed by atoms with Gasteiger partial charge in [0.15, 0.2) is 11.5 Å². The van der Waals surface area contributed by atoms with Crippen LogP contribution in [-0.2, 0) is 16.3 Å². The third kappa shape index (κ3) is 4.00. The minimum Gasteiger partial charge on any atom is -0.493 e. The summed E-state index contributed by atoms with van der Waals surface area (Å²) < 4.78 is 34.1. The number of urea groups is 1. The molecule has 1 saturated heterocycles. The number of para-hydroxylation sites is 1. The fourth-order valence-electron chi connectivity index (χ4n) is 3.35. The minimum absolute atomic E-state index is 0.0413. The van der Waals surface area contributed by atoms with Crippen LogP contribution in [0.2, 0.25) is 0 Å². The van der Waals surface area contributed by atoms with E-state index in [9.17, 15) is 13.2 Å². The van der Waals surface area contributed by atoms with Crippen LogP contribution in [0.25, 0.3) is 0 Å². The molecule has 0 aliphatic carbocycles. The first-order valence-corrected chi connectivity index (χ1v) is 10.2. The highest BCUT2D eigenvalue weighted by Gasteiger charge is 2.30. The van der Waals surface area contributed by atoms with Crippen molar-refractivity contribution in [1.29, 1.82) is 0 Å². The summed E-state index contributed by atoms with van der Waals surface area (Å²) in [6.45, 7) is 0.381. The van der Waals surface area contributed by atoms with Gasteiger partial charge in [0, 0.05) is 18.7 Å². The van der Waals surface area contributed by atoms with Crippen LogP contribution in [0.4, 0.5) is 4.79 Å². The van der Waals surface area contributed by atoms with Crippen LogP contribution in [0, 0.1) is 0 Å². The molecule has 1 aromatic carbocycles. The molecule has 3 rings (SSSR count). The fraction of sp³-hybridized carbons (Fsp3) is 0.588. The van der Waals surface area contributed by atoms with Crippen LogP contribution in [0.1, 0.15) is 18.4 Å². The summed E-state index contributed by atoms with van der Waals surface area (Å²) in [4.78, 5) is 14.1. The molecule has 1 fully saturated rings. The van der Waals surface area contributed by atoms with Crippen molar-refractivity contribution in [2.24, 2.45) is 0 Å². The highest BCUT2D eigenvalue weighted by atomic mass is 32.2. The van der Waals surface area contributed by atoms with Crippen molar-refractivity contribution in [3.8, 4) is 11.5 Å². The van der Waals surface area contributed by atoms with E-state index in [0.29, 0.717) is 31.6 Å². The number of amides is 2. The summed E-state index contributed by atoms with van der Waals surface area (Å²) in [7, 11) is 0.392. The molecule has 0 bridgehead atoms. The van der Waals surface area contributed by atoms with Crippen LogP contribution in [0.3, 0.4) is 0 Å². The van der Waals surface area contributed by atoms with Crippen LogP contribution in [0.5, 0.6) is 11.5 Å². The van der Waals surface area contributed by atoms with E-state index in [1.807, 2.05) is 18.2 Å². The first kappa shape index (κ1) is 17.8. The highest BCUT2D eigenvalue weighted by molar-refractivity contribution is 7.91. The predicted octanol–water partition coefficient (Wildman–Crippen LogP) is 1.22. The Morgan fingerprint density at radius 1 is 1.32 bits per heavy atom. The normalized spacial score (nSPS) is 22.4. The van der Waals surface area contributed by atoms with Crippen LogP contribution in [-0.4, -0.2) is 63.7 Å². The molecule has 0 radical (unpaired) electrons. The average molecular weight is 368 g/mol. The van der Waals surface area contributed by atoms with E-state index in [-0.39, 0.29) is 29.6 Å². The van der Waals surface area contributed by atoms with Gasteiger partial charge in [0.1, 0.15) is 16.4 Å². The summed E-state index contributed by atoms with van der Waals surface area (Å²) in [5.41, 5.74) is 1.00. The molecule has 2 aliphatic rings. The lowest BCUT2D eigenvalue weighted by Gasteiger charge is -2.33. The average Bonchev–Trinajstić information content (AvgIpc) is 2.60. The van der Waals surface area contributed by atoms with Gasteiger partial charge in [-0.3, -0.25) is 0 Å². The van der Waals surface area contributed by atoms with E-state index in [4.69, 9.17) is 9.47 Å². The quantitative estimate of drug-likeness (QED) is 0.867.